The van der Waals surface area contributed by atoms with Crippen molar-refractivity contribution in [3.63, 3.8) is 0 Å². The molecule has 2 aromatic rings. The molecule has 2 N–H and O–H groups in total. The highest BCUT2D eigenvalue weighted by molar-refractivity contribution is 5.95. The van der Waals surface area contributed by atoms with E-state index < -0.39 is 11.4 Å². The fourth-order valence-corrected chi connectivity index (χ4v) is 3.07. The molecule has 0 saturated carbocycles. The van der Waals surface area contributed by atoms with Gasteiger partial charge in [0, 0.05) is 13.1 Å². The number of carboxylic acid groups (broad SMARTS) is 1. The molecule has 1 aromatic heterocycles. The van der Waals surface area contributed by atoms with Gasteiger partial charge in [-0.15, -0.1) is 0 Å². The Hall–Kier alpha value is -2.63. The van der Waals surface area contributed by atoms with E-state index in [-0.39, 0.29) is 12.5 Å². The van der Waals surface area contributed by atoms with Crippen molar-refractivity contribution in [2.75, 3.05) is 6.54 Å². The summed E-state index contributed by atoms with van der Waals surface area (Å²) >= 11 is 0. The Balaban J connectivity index is 1.77. The van der Waals surface area contributed by atoms with Crippen LogP contribution >= 0.6 is 0 Å². The van der Waals surface area contributed by atoms with E-state index in [1.165, 1.54) is 0 Å². The first-order chi connectivity index (χ1) is 11.5. The number of benzene rings is 1. The van der Waals surface area contributed by atoms with Crippen molar-refractivity contribution in [3.8, 4) is 0 Å². The molecule has 24 heavy (non-hydrogen) atoms. The third-order valence-electron chi connectivity index (χ3n) is 4.71. The lowest BCUT2D eigenvalue weighted by molar-refractivity contribution is -0.142. The molecule has 0 aliphatic carbocycles. The van der Waals surface area contributed by atoms with Gasteiger partial charge in [-0.1, -0.05) is 30.3 Å². The summed E-state index contributed by atoms with van der Waals surface area (Å²) < 4.78 is 1.87. The second-order valence-electron chi connectivity index (χ2n) is 6.37. The third kappa shape index (κ3) is 2.91. The average Bonchev–Trinajstić information content (AvgIpc) is 3.04. The van der Waals surface area contributed by atoms with Crippen LogP contribution in [0.25, 0.3) is 0 Å². The SMILES string of the molecule is C[C@@](CNC(=O)c1cnn2c1CCCC2)(C(=O)O)c1ccccc1. The molecular formula is C18H21N3O3. The number of amides is 1. The summed E-state index contributed by atoms with van der Waals surface area (Å²) in [6, 6.07) is 8.96. The maximum Gasteiger partial charge on any atom is 0.315 e. The van der Waals surface area contributed by atoms with Crippen LogP contribution in [0.1, 0.15) is 41.4 Å². The fourth-order valence-electron chi connectivity index (χ4n) is 3.07. The Morgan fingerprint density at radius 2 is 2.04 bits per heavy atom. The van der Waals surface area contributed by atoms with E-state index in [9.17, 15) is 14.7 Å². The van der Waals surface area contributed by atoms with Crippen molar-refractivity contribution in [3.05, 3.63) is 53.3 Å². The zero-order valence-electron chi connectivity index (χ0n) is 13.7. The summed E-state index contributed by atoms with van der Waals surface area (Å²) in [6.07, 6.45) is 4.53. The van der Waals surface area contributed by atoms with Gasteiger partial charge >= 0.3 is 5.97 Å². The first-order valence-corrected chi connectivity index (χ1v) is 8.14. The first-order valence-electron chi connectivity index (χ1n) is 8.14. The molecule has 1 amide bonds. The molecule has 6 nitrogen and oxygen atoms in total. The molecule has 0 fully saturated rings. The molecule has 1 aliphatic heterocycles. The zero-order chi connectivity index (χ0) is 17.2. The summed E-state index contributed by atoms with van der Waals surface area (Å²) in [5.74, 6) is -1.23. The van der Waals surface area contributed by atoms with Crippen LogP contribution in [0.15, 0.2) is 36.5 Å². The molecule has 3 rings (SSSR count). The van der Waals surface area contributed by atoms with Crippen molar-refractivity contribution < 1.29 is 14.7 Å². The van der Waals surface area contributed by atoms with E-state index in [2.05, 4.69) is 10.4 Å². The van der Waals surface area contributed by atoms with Gasteiger partial charge in [0.25, 0.3) is 5.91 Å². The van der Waals surface area contributed by atoms with Crippen molar-refractivity contribution in [2.45, 2.75) is 38.1 Å². The minimum atomic E-state index is -1.18. The first kappa shape index (κ1) is 16.2. The fraction of sp³-hybridized carbons (Fsp3) is 0.389. The number of nitrogens with one attached hydrogen (secondary N) is 1. The lowest BCUT2D eigenvalue weighted by Gasteiger charge is -2.25. The van der Waals surface area contributed by atoms with E-state index in [0.717, 1.165) is 31.5 Å². The number of hydrogen-bond donors (Lipinski definition) is 2. The molecule has 1 atom stereocenters. The van der Waals surface area contributed by atoms with Crippen LogP contribution < -0.4 is 5.32 Å². The maximum atomic E-state index is 12.5. The molecule has 0 radical (unpaired) electrons. The average molecular weight is 327 g/mol. The highest BCUT2D eigenvalue weighted by Gasteiger charge is 2.36. The summed E-state index contributed by atoms with van der Waals surface area (Å²) in [7, 11) is 0. The standard InChI is InChI=1S/C18H21N3O3/c1-18(17(23)24,13-7-3-2-4-8-13)12-19-16(22)14-11-20-21-10-6-5-9-15(14)21/h2-4,7-8,11H,5-6,9-10,12H2,1H3,(H,19,22)(H,23,24)/t18-/m0/s1. The highest BCUT2D eigenvalue weighted by atomic mass is 16.4. The van der Waals surface area contributed by atoms with Gasteiger partial charge in [-0.2, -0.15) is 5.10 Å². The Bertz CT molecular complexity index is 754. The van der Waals surface area contributed by atoms with Crippen LogP contribution in [0.3, 0.4) is 0 Å². The van der Waals surface area contributed by atoms with E-state index in [1.807, 2.05) is 10.7 Å². The van der Waals surface area contributed by atoms with Gasteiger partial charge in [0.2, 0.25) is 0 Å². The van der Waals surface area contributed by atoms with Crippen LogP contribution in [0.5, 0.6) is 0 Å². The van der Waals surface area contributed by atoms with Crippen molar-refractivity contribution in [1.29, 1.82) is 0 Å². The van der Waals surface area contributed by atoms with E-state index >= 15 is 0 Å². The largest absolute Gasteiger partial charge is 0.481 e. The van der Waals surface area contributed by atoms with Crippen LogP contribution in [-0.2, 0) is 23.2 Å². The topological polar surface area (TPSA) is 84.2 Å². The number of fused-ring (bicyclic) bond motifs is 1. The second kappa shape index (κ2) is 6.47. The quantitative estimate of drug-likeness (QED) is 0.879. The van der Waals surface area contributed by atoms with Crippen LogP contribution in [-0.4, -0.2) is 33.3 Å². The van der Waals surface area contributed by atoms with Crippen LogP contribution in [0.4, 0.5) is 0 Å². The summed E-state index contributed by atoms with van der Waals surface area (Å²) in [5.41, 5.74) is 0.977. The predicted octanol–water partition coefficient (Wildman–Crippen LogP) is 1.99. The Morgan fingerprint density at radius 1 is 1.29 bits per heavy atom. The monoisotopic (exact) mass is 327 g/mol. The molecule has 2 heterocycles. The van der Waals surface area contributed by atoms with Gasteiger partial charge in [0.1, 0.15) is 5.41 Å². The molecule has 0 unspecified atom stereocenters. The smallest absolute Gasteiger partial charge is 0.315 e. The van der Waals surface area contributed by atoms with Gasteiger partial charge in [0.05, 0.1) is 17.5 Å². The zero-order valence-corrected chi connectivity index (χ0v) is 13.7. The minimum absolute atomic E-state index is 0.0236. The van der Waals surface area contributed by atoms with Crippen molar-refractivity contribution in [2.24, 2.45) is 0 Å². The molecule has 0 saturated heterocycles. The molecule has 1 aromatic carbocycles. The van der Waals surface area contributed by atoms with Gasteiger partial charge < -0.3 is 10.4 Å². The van der Waals surface area contributed by atoms with Gasteiger partial charge in [-0.25, -0.2) is 0 Å². The number of nitrogens with zero attached hydrogens (tertiary/aromatic N) is 2. The highest BCUT2D eigenvalue weighted by Crippen LogP contribution is 2.24. The Morgan fingerprint density at radius 3 is 2.75 bits per heavy atom. The molecule has 6 heteroatoms. The number of aromatic nitrogens is 2. The number of carbonyl (C=O) groups is 2. The lowest BCUT2D eigenvalue weighted by Crippen LogP contribution is -2.44. The predicted molar refractivity (Wildman–Crippen MR) is 88.9 cm³/mol. The number of carbonyl (C=O) groups excluding carboxylic acids is 1. The number of aliphatic carboxylic acids is 1. The lowest BCUT2D eigenvalue weighted by atomic mass is 9.82. The maximum absolute atomic E-state index is 12.5. The number of carboxylic acids is 1. The summed E-state index contributed by atoms with van der Waals surface area (Å²) in [6.45, 7) is 2.48. The van der Waals surface area contributed by atoms with E-state index in [0.29, 0.717) is 11.1 Å². The van der Waals surface area contributed by atoms with Crippen LogP contribution in [0, 0.1) is 0 Å². The Labute approximate surface area is 140 Å². The molecule has 0 bridgehead atoms. The normalized spacial score (nSPS) is 16.0. The molecular weight excluding hydrogens is 306 g/mol. The molecule has 0 spiro atoms. The van der Waals surface area contributed by atoms with Gasteiger partial charge in [-0.3, -0.25) is 14.3 Å². The van der Waals surface area contributed by atoms with E-state index in [4.69, 9.17) is 0 Å². The number of hydrogen-bond acceptors (Lipinski definition) is 3. The molecule has 1 aliphatic rings. The third-order valence-corrected chi connectivity index (χ3v) is 4.71. The Kier molecular flexibility index (Phi) is 4.38. The van der Waals surface area contributed by atoms with Crippen LogP contribution in [0.2, 0.25) is 0 Å². The minimum Gasteiger partial charge on any atom is -0.481 e. The van der Waals surface area contributed by atoms with Crippen molar-refractivity contribution >= 4 is 11.9 Å². The van der Waals surface area contributed by atoms with Gasteiger partial charge in [-0.05, 0) is 31.7 Å². The summed E-state index contributed by atoms with van der Waals surface area (Å²) in [5, 5.41) is 16.7. The number of aryl methyl sites for hydroxylation is 1. The van der Waals surface area contributed by atoms with Gasteiger partial charge in [0.15, 0.2) is 0 Å². The molecule has 126 valence electrons. The van der Waals surface area contributed by atoms with E-state index in [1.54, 1.807) is 37.4 Å². The number of rotatable bonds is 5. The van der Waals surface area contributed by atoms with Crippen molar-refractivity contribution in [1.82, 2.24) is 15.1 Å². The second-order valence-corrected chi connectivity index (χ2v) is 6.37. The summed E-state index contributed by atoms with van der Waals surface area (Å²) in [4.78, 5) is 24.3.